The van der Waals surface area contributed by atoms with Gasteiger partial charge in [-0.2, -0.15) is 0 Å². The van der Waals surface area contributed by atoms with E-state index in [9.17, 15) is 18.8 Å². The highest BCUT2D eigenvalue weighted by atomic mass is 32.2. The number of thiophene rings is 1. The van der Waals surface area contributed by atoms with Crippen LogP contribution in [0.25, 0.3) is 21.3 Å². The summed E-state index contributed by atoms with van der Waals surface area (Å²) in [7, 11) is 0. The lowest BCUT2D eigenvalue weighted by molar-refractivity contribution is -0.119. The van der Waals surface area contributed by atoms with E-state index >= 15 is 0 Å². The van der Waals surface area contributed by atoms with Gasteiger partial charge in [0.25, 0.3) is 5.56 Å². The molecule has 0 aliphatic heterocycles. The molecule has 0 bridgehead atoms. The normalized spacial score (nSPS) is 11.9. The molecular formula is C23H19FN4O3S2. The van der Waals surface area contributed by atoms with Gasteiger partial charge in [-0.15, -0.1) is 11.3 Å². The Bertz CT molecular complexity index is 1380. The lowest BCUT2D eigenvalue weighted by Gasteiger charge is -2.15. The third kappa shape index (κ3) is 4.96. The van der Waals surface area contributed by atoms with Crippen LogP contribution in [0.5, 0.6) is 0 Å². The standard InChI is InChI=1S/C23H19FN4O3S2/c1-13(19(29)26-22(25)31)33-23-27-20-18(17(12-32-20)15-7-9-16(24)10-8-15)21(30)28(23)11-14-5-3-2-4-6-14/h2-10,12-13H,11H2,1H3,(H3,25,26,29,31)/t13-/m0/s1. The highest BCUT2D eigenvalue weighted by Crippen LogP contribution is 2.33. The Labute approximate surface area is 196 Å². The summed E-state index contributed by atoms with van der Waals surface area (Å²) in [6.45, 7) is 1.85. The van der Waals surface area contributed by atoms with Crippen LogP contribution in [-0.4, -0.2) is 26.7 Å². The smallest absolute Gasteiger partial charge is 0.318 e. The molecule has 0 fully saturated rings. The number of nitrogens with one attached hydrogen (secondary N) is 1. The molecule has 10 heteroatoms. The van der Waals surface area contributed by atoms with Crippen LogP contribution in [-0.2, 0) is 11.3 Å². The zero-order valence-corrected chi connectivity index (χ0v) is 19.1. The van der Waals surface area contributed by atoms with E-state index in [1.165, 1.54) is 28.0 Å². The molecule has 0 saturated heterocycles. The molecule has 0 aliphatic carbocycles. The molecule has 2 aromatic carbocycles. The van der Waals surface area contributed by atoms with Gasteiger partial charge >= 0.3 is 6.03 Å². The van der Waals surface area contributed by atoms with Crippen molar-refractivity contribution in [1.82, 2.24) is 14.9 Å². The largest absolute Gasteiger partial charge is 0.351 e. The maximum absolute atomic E-state index is 13.7. The van der Waals surface area contributed by atoms with E-state index in [0.29, 0.717) is 26.5 Å². The second kappa shape index (κ2) is 9.55. The lowest BCUT2D eigenvalue weighted by Crippen LogP contribution is -2.39. The summed E-state index contributed by atoms with van der Waals surface area (Å²) in [5.41, 5.74) is 7.05. The fourth-order valence-corrected chi connectivity index (χ4v) is 5.17. The summed E-state index contributed by atoms with van der Waals surface area (Å²) in [4.78, 5) is 42.1. The van der Waals surface area contributed by atoms with Crippen LogP contribution in [0.15, 0.2) is 69.9 Å². The molecule has 0 aliphatic rings. The quantitative estimate of drug-likeness (QED) is 0.319. The third-order valence-electron chi connectivity index (χ3n) is 4.90. The molecule has 168 valence electrons. The Balaban J connectivity index is 1.83. The number of hydrogen-bond acceptors (Lipinski definition) is 6. The van der Waals surface area contributed by atoms with Crippen LogP contribution < -0.4 is 16.6 Å². The van der Waals surface area contributed by atoms with Gasteiger partial charge in [0.15, 0.2) is 5.16 Å². The van der Waals surface area contributed by atoms with Crippen LogP contribution in [0.3, 0.4) is 0 Å². The summed E-state index contributed by atoms with van der Waals surface area (Å²) in [6, 6.07) is 14.4. The predicted octanol–water partition coefficient (Wildman–Crippen LogP) is 3.99. The Morgan fingerprint density at radius 2 is 1.88 bits per heavy atom. The molecule has 0 spiro atoms. The van der Waals surface area contributed by atoms with E-state index in [0.717, 1.165) is 17.3 Å². The van der Waals surface area contributed by atoms with Gasteiger partial charge in [0, 0.05) is 10.9 Å². The van der Waals surface area contributed by atoms with Crippen molar-refractivity contribution in [3.8, 4) is 11.1 Å². The zero-order valence-electron chi connectivity index (χ0n) is 17.4. The van der Waals surface area contributed by atoms with Crippen LogP contribution in [0, 0.1) is 5.82 Å². The molecule has 3 N–H and O–H groups in total. The number of amides is 3. The summed E-state index contributed by atoms with van der Waals surface area (Å²) in [5, 5.41) is 3.92. The second-order valence-corrected chi connectivity index (χ2v) is 9.39. The fourth-order valence-electron chi connectivity index (χ4n) is 3.28. The number of primary amides is 1. The van der Waals surface area contributed by atoms with E-state index in [4.69, 9.17) is 5.73 Å². The van der Waals surface area contributed by atoms with Gasteiger partial charge in [-0.3, -0.25) is 19.5 Å². The number of fused-ring (bicyclic) bond motifs is 1. The van der Waals surface area contributed by atoms with Gasteiger partial charge in [-0.05, 0) is 30.2 Å². The molecule has 3 amide bonds. The maximum atomic E-state index is 13.7. The average Bonchev–Trinajstić information content (AvgIpc) is 3.21. The molecule has 7 nitrogen and oxygen atoms in total. The van der Waals surface area contributed by atoms with Crippen molar-refractivity contribution in [3.05, 3.63) is 81.7 Å². The number of imide groups is 1. The fraction of sp³-hybridized carbons (Fsp3) is 0.130. The molecule has 1 atom stereocenters. The Morgan fingerprint density at radius 1 is 1.18 bits per heavy atom. The monoisotopic (exact) mass is 482 g/mol. The van der Waals surface area contributed by atoms with Gasteiger partial charge in [0.2, 0.25) is 5.91 Å². The summed E-state index contributed by atoms with van der Waals surface area (Å²) in [6.07, 6.45) is 0. The number of carbonyl (C=O) groups excluding carboxylic acids is 2. The average molecular weight is 483 g/mol. The van der Waals surface area contributed by atoms with Crippen molar-refractivity contribution < 1.29 is 14.0 Å². The van der Waals surface area contributed by atoms with Crippen molar-refractivity contribution in [2.45, 2.75) is 23.9 Å². The summed E-state index contributed by atoms with van der Waals surface area (Å²) < 4.78 is 14.9. The highest BCUT2D eigenvalue weighted by molar-refractivity contribution is 8.00. The van der Waals surface area contributed by atoms with Crippen LogP contribution in [0.4, 0.5) is 9.18 Å². The number of halogens is 1. The molecule has 0 saturated carbocycles. The first-order chi connectivity index (χ1) is 15.8. The van der Waals surface area contributed by atoms with Gasteiger partial charge < -0.3 is 5.73 Å². The van der Waals surface area contributed by atoms with E-state index in [1.807, 2.05) is 41.0 Å². The number of thioether (sulfide) groups is 1. The predicted molar refractivity (Wildman–Crippen MR) is 128 cm³/mol. The Kier molecular flexibility index (Phi) is 6.57. The summed E-state index contributed by atoms with van der Waals surface area (Å²) in [5.74, 6) is -0.939. The zero-order chi connectivity index (χ0) is 23.5. The van der Waals surface area contributed by atoms with Crippen molar-refractivity contribution >= 4 is 45.3 Å². The number of benzene rings is 2. The van der Waals surface area contributed by atoms with Crippen molar-refractivity contribution in [1.29, 1.82) is 0 Å². The van der Waals surface area contributed by atoms with Gasteiger partial charge in [-0.25, -0.2) is 14.2 Å². The molecular weight excluding hydrogens is 463 g/mol. The van der Waals surface area contributed by atoms with Gasteiger partial charge in [0.1, 0.15) is 10.6 Å². The number of rotatable bonds is 6. The lowest BCUT2D eigenvalue weighted by atomic mass is 10.1. The van der Waals surface area contributed by atoms with Crippen LogP contribution in [0.2, 0.25) is 0 Å². The minimum atomic E-state index is -0.945. The SMILES string of the molecule is C[C@H](Sc1nc2scc(-c3ccc(F)cc3)c2c(=O)n1Cc1ccccc1)C(=O)NC(N)=O. The molecule has 2 heterocycles. The van der Waals surface area contributed by atoms with Gasteiger partial charge in [0.05, 0.1) is 17.2 Å². The Morgan fingerprint density at radius 3 is 2.55 bits per heavy atom. The molecule has 4 aromatic rings. The topological polar surface area (TPSA) is 107 Å². The highest BCUT2D eigenvalue weighted by Gasteiger charge is 2.22. The summed E-state index contributed by atoms with van der Waals surface area (Å²) >= 11 is 2.36. The molecule has 2 aromatic heterocycles. The minimum absolute atomic E-state index is 0.244. The molecule has 33 heavy (non-hydrogen) atoms. The molecule has 4 rings (SSSR count). The number of urea groups is 1. The minimum Gasteiger partial charge on any atom is -0.351 e. The van der Waals surface area contributed by atoms with E-state index in [-0.39, 0.29) is 17.9 Å². The number of carbonyl (C=O) groups is 2. The van der Waals surface area contributed by atoms with Crippen LogP contribution in [0.1, 0.15) is 12.5 Å². The second-order valence-electron chi connectivity index (χ2n) is 7.22. The van der Waals surface area contributed by atoms with Crippen LogP contribution >= 0.6 is 23.1 Å². The van der Waals surface area contributed by atoms with Gasteiger partial charge in [-0.1, -0.05) is 54.2 Å². The maximum Gasteiger partial charge on any atom is 0.318 e. The Hall–Kier alpha value is -3.50. The van der Waals surface area contributed by atoms with Crippen molar-refractivity contribution in [3.63, 3.8) is 0 Å². The van der Waals surface area contributed by atoms with Crippen molar-refractivity contribution in [2.75, 3.05) is 0 Å². The van der Waals surface area contributed by atoms with E-state index < -0.39 is 17.2 Å². The van der Waals surface area contributed by atoms with E-state index in [2.05, 4.69) is 4.98 Å². The van der Waals surface area contributed by atoms with Crippen molar-refractivity contribution in [2.24, 2.45) is 5.73 Å². The molecule has 0 unspecified atom stereocenters. The first-order valence-corrected chi connectivity index (χ1v) is 11.7. The number of aromatic nitrogens is 2. The number of nitrogens with two attached hydrogens (primary N) is 1. The molecule has 0 radical (unpaired) electrons. The third-order valence-corrected chi connectivity index (χ3v) is 6.86. The first kappa shape index (κ1) is 22.7. The first-order valence-electron chi connectivity index (χ1n) is 9.92. The number of nitrogens with zero attached hydrogens (tertiary/aromatic N) is 2. The number of hydrogen-bond donors (Lipinski definition) is 2. The van der Waals surface area contributed by atoms with E-state index in [1.54, 1.807) is 19.1 Å².